The first-order chi connectivity index (χ1) is 6.67. The summed E-state index contributed by atoms with van der Waals surface area (Å²) in [7, 11) is 0. The van der Waals surface area contributed by atoms with Gasteiger partial charge in [-0.15, -0.1) is 16.9 Å². The molecule has 0 radical (unpaired) electrons. The van der Waals surface area contributed by atoms with E-state index in [0.29, 0.717) is 5.37 Å². The number of aromatic nitrogens is 2. The van der Waals surface area contributed by atoms with E-state index in [1.807, 2.05) is 16.9 Å². The normalized spacial score (nSPS) is 15.1. The second-order valence-electron chi connectivity index (χ2n) is 3.31. The fourth-order valence-corrected chi connectivity index (χ4v) is 1.32. The van der Waals surface area contributed by atoms with Gasteiger partial charge in [0.15, 0.2) is 0 Å². The molecule has 0 aliphatic rings. The number of hydrogen-bond donors (Lipinski definition) is 0. The summed E-state index contributed by atoms with van der Waals surface area (Å²) in [6, 6.07) is 1.92. The van der Waals surface area contributed by atoms with Crippen molar-refractivity contribution in [3.63, 3.8) is 0 Å². The van der Waals surface area contributed by atoms with Crippen molar-refractivity contribution in [1.29, 1.82) is 0 Å². The van der Waals surface area contributed by atoms with Crippen LogP contribution < -0.4 is 4.74 Å². The van der Waals surface area contributed by atoms with Crippen LogP contribution in [0.2, 0.25) is 0 Å². The van der Waals surface area contributed by atoms with Crippen LogP contribution in [0.5, 0.6) is 5.88 Å². The Morgan fingerprint density at radius 1 is 1.57 bits per heavy atom. The van der Waals surface area contributed by atoms with Crippen molar-refractivity contribution >= 4 is 11.8 Å². The van der Waals surface area contributed by atoms with Gasteiger partial charge in [0.1, 0.15) is 0 Å². The average Bonchev–Trinajstić information content (AvgIpc) is 2.65. The van der Waals surface area contributed by atoms with E-state index in [2.05, 4.69) is 32.1 Å². The number of thioether (sulfide) groups is 1. The van der Waals surface area contributed by atoms with E-state index >= 15 is 0 Å². The molecule has 0 N–H and O–H groups in total. The molecule has 0 aromatic carbocycles. The van der Waals surface area contributed by atoms with Crippen molar-refractivity contribution in [1.82, 2.24) is 9.78 Å². The third-order valence-electron chi connectivity index (χ3n) is 2.19. The third-order valence-corrected chi connectivity index (χ3v) is 3.09. The Balaban J connectivity index is 2.59. The van der Waals surface area contributed by atoms with Gasteiger partial charge in [0.2, 0.25) is 5.88 Å². The Morgan fingerprint density at radius 3 is 2.86 bits per heavy atom. The maximum Gasteiger partial charge on any atom is 0.233 e. The second-order valence-corrected chi connectivity index (χ2v) is 4.46. The van der Waals surface area contributed by atoms with Crippen molar-refractivity contribution in [2.24, 2.45) is 0 Å². The molecule has 1 aromatic heterocycles. The summed E-state index contributed by atoms with van der Waals surface area (Å²) in [5.41, 5.74) is 0. The molecule has 1 rings (SSSR count). The first kappa shape index (κ1) is 11.4. The Bertz CT molecular complexity index is 275. The third kappa shape index (κ3) is 2.94. The van der Waals surface area contributed by atoms with E-state index in [9.17, 15) is 0 Å². The predicted molar refractivity (Wildman–Crippen MR) is 60.8 cm³/mol. The van der Waals surface area contributed by atoms with Gasteiger partial charge in [-0.1, -0.05) is 6.92 Å². The van der Waals surface area contributed by atoms with Crippen LogP contribution in [0.25, 0.3) is 0 Å². The molecule has 0 fully saturated rings. The average molecular weight is 214 g/mol. The summed E-state index contributed by atoms with van der Waals surface area (Å²) in [5.74, 6) is 0.722. The Morgan fingerprint density at radius 2 is 2.29 bits per heavy atom. The van der Waals surface area contributed by atoms with Gasteiger partial charge in [0.05, 0.1) is 11.5 Å². The quantitative estimate of drug-likeness (QED) is 0.754. The van der Waals surface area contributed by atoms with Crippen molar-refractivity contribution in [3.05, 3.63) is 12.3 Å². The molecule has 0 bridgehead atoms. The van der Waals surface area contributed by atoms with Gasteiger partial charge >= 0.3 is 0 Å². The van der Waals surface area contributed by atoms with Gasteiger partial charge < -0.3 is 4.74 Å². The Labute approximate surface area is 89.8 Å². The van der Waals surface area contributed by atoms with Gasteiger partial charge in [0.25, 0.3) is 0 Å². The summed E-state index contributed by atoms with van der Waals surface area (Å²) in [6.07, 6.45) is 5.27. The highest BCUT2D eigenvalue weighted by molar-refractivity contribution is 7.98. The van der Waals surface area contributed by atoms with Crippen molar-refractivity contribution in [3.8, 4) is 5.88 Å². The van der Waals surface area contributed by atoms with Crippen LogP contribution in [0.15, 0.2) is 12.3 Å². The molecule has 0 spiro atoms. The molecule has 0 aliphatic heterocycles. The lowest BCUT2D eigenvalue weighted by molar-refractivity contribution is 0.206. The molecule has 1 heterocycles. The monoisotopic (exact) mass is 214 g/mol. The van der Waals surface area contributed by atoms with Gasteiger partial charge in [0, 0.05) is 12.3 Å². The summed E-state index contributed by atoms with van der Waals surface area (Å²) in [4.78, 5) is 0. The number of nitrogens with zero attached hydrogens (tertiary/aromatic N) is 2. The fourth-order valence-electron chi connectivity index (χ4n) is 0.983. The van der Waals surface area contributed by atoms with E-state index in [4.69, 9.17) is 4.74 Å². The van der Waals surface area contributed by atoms with Crippen LogP contribution in [-0.4, -0.2) is 22.1 Å². The van der Waals surface area contributed by atoms with Gasteiger partial charge in [-0.3, -0.25) is 4.68 Å². The molecular formula is C10H18N2OS. The molecule has 2 atom stereocenters. The highest BCUT2D eigenvalue weighted by Gasteiger charge is 2.07. The highest BCUT2D eigenvalue weighted by Crippen LogP contribution is 2.20. The maximum atomic E-state index is 5.60. The topological polar surface area (TPSA) is 27.1 Å². The van der Waals surface area contributed by atoms with E-state index in [1.165, 1.54) is 0 Å². The van der Waals surface area contributed by atoms with E-state index in [0.717, 1.165) is 12.3 Å². The first-order valence-corrected chi connectivity index (χ1v) is 6.20. The van der Waals surface area contributed by atoms with Crippen LogP contribution in [0.1, 0.15) is 32.6 Å². The Hall–Kier alpha value is -0.640. The van der Waals surface area contributed by atoms with E-state index in [1.54, 1.807) is 11.8 Å². The maximum absolute atomic E-state index is 5.60. The zero-order chi connectivity index (χ0) is 10.6. The fraction of sp³-hybridized carbons (Fsp3) is 0.700. The lowest BCUT2D eigenvalue weighted by Gasteiger charge is -2.10. The lowest BCUT2D eigenvalue weighted by atomic mass is 10.3. The molecule has 0 saturated carbocycles. The number of rotatable bonds is 5. The second kappa shape index (κ2) is 5.29. The standard InChI is InChI=1S/C10H18N2OS/c1-5-8(2)13-10-6-7-12(11-10)9(3)14-4/h6-9H,5H2,1-4H3/t8-,9?/m1/s1. The summed E-state index contributed by atoms with van der Waals surface area (Å²) in [6.45, 7) is 6.27. The van der Waals surface area contributed by atoms with Crippen molar-refractivity contribution in [2.75, 3.05) is 6.26 Å². The first-order valence-electron chi connectivity index (χ1n) is 4.92. The minimum absolute atomic E-state index is 0.239. The van der Waals surface area contributed by atoms with Crippen molar-refractivity contribution < 1.29 is 4.74 Å². The van der Waals surface area contributed by atoms with Crippen LogP contribution in [0, 0.1) is 0 Å². The largest absolute Gasteiger partial charge is 0.474 e. The Kier molecular flexibility index (Phi) is 4.32. The van der Waals surface area contributed by atoms with E-state index in [-0.39, 0.29) is 6.10 Å². The zero-order valence-electron chi connectivity index (χ0n) is 9.23. The highest BCUT2D eigenvalue weighted by atomic mass is 32.2. The van der Waals surface area contributed by atoms with Crippen LogP contribution >= 0.6 is 11.8 Å². The number of hydrogen-bond acceptors (Lipinski definition) is 3. The molecule has 3 nitrogen and oxygen atoms in total. The summed E-state index contributed by atoms with van der Waals surface area (Å²) >= 11 is 1.76. The van der Waals surface area contributed by atoms with Gasteiger partial charge in [-0.05, 0) is 26.5 Å². The minimum Gasteiger partial charge on any atom is -0.474 e. The molecule has 0 aliphatic carbocycles. The van der Waals surface area contributed by atoms with Crippen LogP contribution in [0.3, 0.4) is 0 Å². The molecule has 14 heavy (non-hydrogen) atoms. The lowest BCUT2D eigenvalue weighted by Crippen LogP contribution is -2.10. The molecule has 4 heteroatoms. The molecular weight excluding hydrogens is 196 g/mol. The molecule has 0 amide bonds. The SMILES string of the molecule is CC[C@@H](C)Oc1ccn(C(C)SC)n1. The summed E-state index contributed by atoms with van der Waals surface area (Å²) in [5, 5.41) is 4.71. The number of ether oxygens (including phenoxy) is 1. The minimum atomic E-state index is 0.239. The molecule has 0 saturated heterocycles. The predicted octanol–water partition coefficient (Wildman–Crippen LogP) is 2.94. The van der Waals surface area contributed by atoms with Crippen LogP contribution in [0.4, 0.5) is 0 Å². The molecule has 1 unspecified atom stereocenters. The summed E-state index contributed by atoms with van der Waals surface area (Å²) < 4.78 is 7.52. The van der Waals surface area contributed by atoms with Gasteiger partial charge in [-0.2, -0.15) is 0 Å². The van der Waals surface area contributed by atoms with E-state index < -0.39 is 0 Å². The van der Waals surface area contributed by atoms with Crippen LogP contribution in [-0.2, 0) is 0 Å². The smallest absolute Gasteiger partial charge is 0.233 e. The molecule has 1 aromatic rings. The zero-order valence-corrected chi connectivity index (χ0v) is 10.0. The van der Waals surface area contributed by atoms with Gasteiger partial charge in [-0.25, -0.2) is 0 Å². The van der Waals surface area contributed by atoms with Crippen molar-refractivity contribution in [2.45, 2.75) is 38.7 Å². The molecule has 80 valence electrons.